The number of hydrogen-bond acceptors (Lipinski definition) is 6. The fourth-order valence-electron chi connectivity index (χ4n) is 2.79. The second-order valence-electron chi connectivity index (χ2n) is 6.13. The van der Waals surface area contributed by atoms with Crippen molar-refractivity contribution < 1.29 is 24.1 Å². The summed E-state index contributed by atoms with van der Waals surface area (Å²) in [5.74, 6) is -1.14. The quantitative estimate of drug-likeness (QED) is 0.540. The number of nitrogens with zero attached hydrogens (tertiary/aromatic N) is 1. The van der Waals surface area contributed by atoms with Gasteiger partial charge in [-0.3, -0.25) is 19.1 Å². The first-order valence-corrected chi connectivity index (χ1v) is 8.21. The van der Waals surface area contributed by atoms with Crippen LogP contribution in [0.2, 0.25) is 0 Å². The zero-order valence-electron chi connectivity index (χ0n) is 14.1. The van der Waals surface area contributed by atoms with Gasteiger partial charge >= 0.3 is 5.69 Å². The van der Waals surface area contributed by atoms with E-state index in [9.17, 15) is 23.9 Å². The number of aromatic amines is 1. The van der Waals surface area contributed by atoms with Crippen LogP contribution >= 0.6 is 0 Å². The minimum atomic E-state index is -0.977. The topological polar surface area (TPSA) is 134 Å². The molecule has 9 nitrogen and oxygen atoms in total. The summed E-state index contributed by atoms with van der Waals surface area (Å²) in [5.41, 5.74) is -1.36. The first-order valence-electron chi connectivity index (χ1n) is 8.21. The molecule has 0 aliphatic carbocycles. The summed E-state index contributed by atoms with van der Waals surface area (Å²) >= 11 is 0. The van der Waals surface area contributed by atoms with Crippen LogP contribution in [0.15, 0.2) is 40.1 Å². The molecular weight excluding hydrogens is 361 g/mol. The van der Waals surface area contributed by atoms with Crippen molar-refractivity contribution in [1.82, 2.24) is 14.9 Å². The summed E-state index contributed by atoms with van der Waals surface area (Å²) in [7, 11) is 0. The van der Waals surface area contributed by atoms with Crippen LogP contribution in [0.3, 0.4) is 0 Å². The maximum Gasteiger partial charge on any atom is 0.330 e. The summed E-state index contributed by atoms with van der Waals surface area (Å²) in [6, 6.07) is 5.47. The Kier molecular flexibility index (Phi) is 5.49. The average Bonchev–Trinajstić information content (AvgIpc) is 3.01. The third kappa shape index (κ3) is 4.13. The molecule has 1 aromatic heterocycles. The van der Waals surface area contributed by atoms with Crippen LogP contribution in [0.25, 0.3) is 0 Å². The van der Waals surface area contributed by atoms with E-state index < -0.39 is 48.0 Å². The summed E-state index contributed by atoms with van der Waals surface area (Å²) in [5, 5.41) is 21.4. The second-order valence-corrected chi connectivity index (χ2v) is 6.13. The highest BCUT2D eigenvalue weighted by molar-refractivity contribution is 5.93. The van der Waals surface area contributed by atoms with E-state index in [1.165, 1.54) is 24.3 Å². The van der Waals surface area contributed by atoms with Gasteiger partial charge in [0.15, 0.2) is 0 Å². The van der Waals surface area contributed by atoms with Crippen molar-refractivity contribution in [2.45, 2.75) is 31.4 Å². The molecule has 144 valence electrons. The van der Waals surface area contributed by atoms with Gasteiger partial charge in [-0.25, -0.2) is 9.18 Å². The largest absolute Gasteiger partial charge is 0.394 e. The highest BCUT2D eigenvalue weighted by Crippen LogP contribution is 2.27. The number of aliphatic hydroxyl groups is 2. The molecule has 27 heavy (non-hydrogen) atoms. The molecule has 4 N–H and O–H groups in total. The van der Waals surface area contributed by atoms with Crippen LogP contribution in [0, 0.1) is 5.82 Å². The Morgan fingerprint density at radius 2 is 2.04 bits per heavy atom. The highest BCUT2D eigenvalue weighted by atomic mass is 19.1. The Bertz CT molecular complexity index is 939. The molecule has 3 atom stereocenters. The molecule has 0 saturated carbocycles. The molecule has 3 rings (SSSR count). The number of carbonyl (C=O) groups is 1. The van der Waals surface area contributed by atoms with Gasteiger partial charge in [0.1, 0.15) is 23.7 Å². The van der Waals surface area contributed by atoms with Crippen LogP contribution in [-0.4, -0.2) is 44.5 Å². The summed E-state index contributed by atoms with van der Waals surface area (Å²) in [4.78, 5) is 38.4. The van der Waals surface area contributed by atoms with Crippen molar-refractivity contribution in [1.29, 1.82) is 0 Å². The SMILES string of the molecule is O=C(NCc1ccc(F)cc1)c1cn(C2C[C@@H](O)C(CO)O2)c(=O)[nH]c1=O. The molecule has 1 fully saturated rings. The fraction of sp³-hybridized carbons (Fsp3) is 0.353. The number of amides is 1. The van der Waals surface area contributed by atoms with Crippen molar-refractivity contribution >= 4 is 5.91 Å². The molecule has 2 aromatic rings. The van der Waals surface area contributed by atoms with Crippen LogP contribution in [-0.2, 0) is 11.3 Å². The number of nitrogens with one attached hydrogen (secondary N) is 2. The Balaban J connectivity index is 1.79. The number of ether oxygens (including phenoxy) is 1. The second kappa shape index (κ2) is 7.82. The first-order chi connectivity index (χ1) is 12.9. The Labute approximate surface area is 152 Å². The van der Waals surface area contributed by atoms with Gasteiger partial charge in [0.2, 0.25) is 0 Å². The number of carbonyl (C=O) groups excluding carboxylic acids is 1. The van der Waals surface area contributed by atoms with Crippen molar-refractivity contribution in [3.05, 3.63) is 68.2 Å². The third-order valence-corrected chi connectivity index (χ3v) is 4.27. The molecule has 1 aromatic carbocycles. The molecule has 1 aliphatic heterocycles. The molecular formula is C17H18FN3O6. The Hall–Kier alpha value is -2.82. The van der Waals surface area contributed by atoms with E-state index in [2.05, 4.69) is 5.32 Å². The van der Waals surface area contributed by atoms with Gasteiger partial charge in [-0.2, -0.15) is 0 Å². The van der Waals surface area contributed by atoms with E-state index in [0.29, 0.717) is 5.56 Å². The summed E-state index contributed by atoms with van der Waals surface area (Å²) in [6.45, 7) is -0.371. The van der Waals surface area contributed by atoms with Gasteiger partial charge in [-0.05, 0) is 17.7 Å². The van der Waals surface area contributed by atoms with Gasteiger partial charge in [-0.1, -0.05) is 12.1 Å². The normalized spacial score (nSPS) is 22.0. The van der Waals surface area contributed by atoms with E-state index in [1.54, 1.807) is 0 Å². The minimum Gasteiger partial charge on any atom is -0.394 e. The smallest absolute Gasteiger partial charge is 0.330 e. The van der Waals surface area contributed by atoms with Gasteiger partial charge in [0.05, 0.1) is 12.7 Å². The maximum absolute atomic E-state index is 12.9. The van der Waals surface area contributed by atoms with Crippen LogP contribution in [0.5, 0.6) is 0 Å². The predicted molar refractivity (Wildman–Crippen MR) is 90.5 cm³/mol. The number of hydrogen-bond donors (Lipinski definition) is 4. The standard InChI is InChI=1S/C17H18FN3O6/c18-10-3-1-9(2-4-10)6-19-15(24)11-7-21(17(26)20-16(11)25)14-5-12(23)13(8-22)27-14/h1-4,7,12-14,22-23H,5-6,8H2,(H,19,24)(H,20,25,26)/t12-,13?,14?/m1/s1. The van der Waals surface area contributed by atoms with Gasteiger partial charge in [0, 0.05) is 19.2 Å². The number of H-pyrrole nitrogens is 1. The number of aromatic nitrogens is 2. The van der Waals surface area contributed by atoms with Crippen molar-refractivity contribution in [2.24, 2.45) is 0 Å². The zero-order chi connectivity index (χ0) is 19.6. The zero-order valence-corrected chi connectivity index (χ0v) is 14.1. The Morgan fingerprint density at radius 1 is 1.33 bits per heavy atom. The van der Waals surface area contributed by atoms with Gasteiger partial charge in [0.25, 0.3) is 11.5 Å². The lowest BCUT2D eigenvalue weighted by molar-refractivity contribution is -0.0459. The van der Waals surface area contributed by atoms with E-state index in [-0.39, 0.29) is 18.5 Å². The third-order valence-electron chi connectivity index (χ3n) is 4.27. The molecule has 2 unspecified atom stereocenters. The number of halogens is 1. The number of aliphatic hydroxyl groups excluding tert-OH is 2. The molecule has 0 bridgehead atoms. The number of rotatable bonds is 5. The highest BCUT2D eigenvalue weighted by Gasteiger charge is 2.35. The molecule has 1 saturated heterocycles. The lowest BCUT2D eigenvalue weighted by Crippen LogP contribution is -2.38. The summed E-state index contributed by atoms with van der Waals surface area (Å²) < 4.78 is 19.3. The molecule has 1 amide bonds. The van der Waals surface area contributed by atoms with E-state index in [1.807, 2.05) is 4.98 Å². The number of benzene rings is 1. The van der Waals surface area contributed by atoms with E-state index in [0.717, 1.165) is 10.8 Å². The average molecular weight is 379 g/mol. The van der Waals surface area contributed by atoms with Gasteiger partial charge in [-0.15, -0.1) is 0 Å². The van der Waals surface area contributed by atoms with E-state index in [4.69, 9.17) is 9.84 Å². The monoisotopic (exact) mass is 379 g/mol. The van der Waals surface area contributed by atoms with Crippen LogP contribution in [0.1, 0.15) is 28.6 Å². The molecule has 2 heterocycles. The predicted octanol–water partition coefficient (Wildman–Crippen LogP) is -0.754. The fourth-order valence-corrected chi connectivity index (χ4v) is 2.79. The molecule has 0 radical (unpaired) electrons. The lowest BCUT2D eigenvalue weighted by atomic mass is 10.2. The van der Waals surface area contributed by atoms with Crippen molar-refractivity contribution in [3.63, 3.8) is 0 Å². The van der Waals surface area contributed by atoms with Crippen molar-refractivity contribution in [2.75, 3.05) is 6.61 Å². The molecule has 0 spiro atoms. The van der Waals surface area contributed by atoms with Crippen LogP contribution < -0.4 is 16.6 Å². The lowest BCUT2D eigenvalue weighted by Gasteiger charge is -2.15. The van der Waals surface area contributed by atoms with E-state index >= 15 is 0 Å². The summed E-state index contributed by atoms with van der Waals surface area (Å²) in [6.07, 6.45) is -1.68. The maximum atomic E-state index is 12.9. The van der Waals surface area contributed by atoms with Crippen molar-refractivity contribution in [3.8, 4) is 0 Å². The first kappa shape index (κ1) is 19.0. The minimum absolute atomic E-state index is 0.0216. The molecule has 1 aliphatic rings. The van der Waals surface area contributed by atoms with Gasteiger partial charge < -0.3 is 20.3 Å². The Morgan fingerprint density at radius 3 is 2.67 bits per heavy atom. The molecule has 10 heteroatoms. The van der Waals surface area contributed by atoms with Crippen LogP contribution in [0.4, 0.5) is 4.39 Å².